The molecule has 0 saturated carbocycles. The molecule has 2 aromatic heterocycles. The van der Waals surface area contributed by atoms with Crippen LogP contribution in [0.3, 0.4) is 0 Å². The van der Waals surface area contributed by atoms with Crippen LogP contribution in [0.15, 0.2) is 29.0 Å². The van der Waals surface area contributed by atoms with Gasteiger partial charge in [0.05, 0.1) is 16.3 Å². The number of hydrogen-bond donors (Lipinski definition) is 1. The van der Waals surface area contributed by atoms with Gasteiger partial charge in [0, 0.05) is 0 Å². The summed E-state index contributed by atoms with van der Waals surface area (Å²) in [6.45, 7) is 1.70. The van der Waals surface area contributed by atoms with Crippen LogP contribution >= 0.6 is 15.9 Å². The zero-order valence-corrected chi connectivity index (χ0v) is 8.69. The van der Waals surface area contributed by atoms with Gasteiger partial charge in [0.2, 0.25) is 0 Å². The van der Waals surface area contributed by atoms with Crippen LogP contribution in [0.5, 0.6) is 0 Å². The van der Waals surface area contributed by atoms with Crippen molar-refractivity contribution >= 4 is 21.4 Å². The molecule has 1 unspecified atom stereocenters. The number of pyridine rings is 1. The van der Waals surface area contributed by atoms with Crippen LogP contribution in [0.4, 0.5) is 0 Å². The molecule has 0 aliphatic carbocycles. The monoisotopic (exact) mass is 240 g/mol. The van der Waals surface area contributed by atoms with E-state index in [0.29, 0.717) is 5.82 Å². The number of halogens is 1. The van der Waals surface area contributed by atoms with Crippen LogP contribution in [-0.4, -0.2) is 14.5 Å². The summed E-state index contributed by atoms with van der Waals surface area (Å²) in [5, 5.41) is 9.43. The van der Waals surface area contributed by atoms with Crippen molar-refractivity contribution in [2.45, 2.75) is 13.0 Å². The second-order valence-electron chi connectivity index (χ2n) is 2.90. The molecular weight excluding hydrogens is 232 g/mol. The molecule has 1 atom stereocenters. The van der Waals surface area contributed by atoms with E-state index in [2.05, 4.69) is 20.9 Å². The number of aliphatic hydroxyl groups is 1. The molecule has 0 radical (unpaired) electrons. The van der Waals surface area contributed by atoms with Crippen molar-refractivity contribution < 1.29 is 5.11 Å². The Hall–Kier alpha value is -0.870. The number of hydrogen-bond acceptors (Lipinski definition) is 2. The van der Waals surface area contributed by atoms with Gasteiger partial charge >= 0.3 is 0 Å². The molecule has 0 aliphatic heterocycles. The van der Waals surface area contributed by atoms with Gasteiger partial charge in [-0.2, -0.15) is 0 Å². The summed E-state index contributed by atoms with van der Waals surface area (Å²) in [6.07, 6.45) is 1.19. The molecule has 2 aromatic rings. The average molecular weight is 241 g/mol. The van der Waals surface area contributed by atoms with Crippen LogP contribution in [0.2, 0.25) is 0 Å². The fourth-order valence-corrected chi connectivity index (χ4v) is 1.86. The van der Waals surface area contributed by atoms with Gasteiger partial charge in [-0.3, -0.25) is 4.40 Å². The molecule has 2 heterocycles. The molecule has 0 saturated heterocycles. The van der Waals surface area contributed by atoms with Crippen molar-refractivity contribution in [3.8, 4) is 0 Å². The highest BCUT2D eigenvalue weighted by molar-refractivity contribution is 9.10. The molecule has 0 fully saturated rings. The van der Waals surface area contributed by atoms with Crippen LogP contribution in [0.25, 0.3) is 5.52 Å². The van der Waals surface area contributed by atoms with E-state index in [-0.39, 0.29) is 0 Å². The lowest BCUT2D eigenvalue weighted by Crippen LogP contribution is -2.00. The first kappa shape index (κ1) is 8.72. The molecule has 0 aliphatic rings. The maximum Gasteiger partial charge on any atom is 0.142 e. The summed E-state index contributed by atoms with van der Waals surface area (Å²) in [5.41, 5.74) is 0.977. The van der Waals surface area contributed by atoms with Gasteiger partial charge in [0.25, 0.3) is 0 Å². The van der Waals surface area contributed by atoms with Crippen molar-refractivity contribution in [3.63, 3.8) is 0 Å². The topological polar surface area (TPSA) is 37.5 Å². The van der Waals surface area contributed by atoms with Gasteiger partial charge in [0.1, 0.15) is 11.9 Å². The Morgan fingerprint density at radius 3 is 3.00 bits per heavy atom. The zero-order valence-electron chi connectivity index (χ0n) is 7.11. The third-order valence-corrected chi connectivity index (χ3v) is 2.52. The second-order valence-corrected chi connectivity index (χ2v) is 3.71. The molecule has 0 amide bonds. The Labute approximate surface area is 84.2 Å². The summed E-state index contributed by atoms with van der Waals surface area (Å²) in [4.78, 5) is 4.14. The Kier molecular flexibility index (Phi) is 2.09. The number of aromatic nitrogens is 2. The van der Waals surface area contributed by atoms with Crippen molar-refractivity contribution in [2.24, 2.45) is 0 Å². The number of rotatable bonds is 1. The minimum atomic E-state index is -0.554. The molecule has 68 valence electrons. The number of nitrogens with zero attached hydrogens (tertiary/aromatic N) is 2. The molecule has 2 rings (SSSR count). The van der Waals surface area contributed by atoms with Crippen molar-refractivity contribution in [3.05, 3.63) is 34.8 Å². The summed E-state index contributed by atoms with van der Waals surface area (Å²) in [6, 6.07) is 5.80. The first-order valence-electron chi connectivity index (χ1n) is 4.00. The molecule has 1 N–H and O–H groups in total. The molecule has 4 heteroatoms. The van der Waals surface area contributed by atoms with Gasteiger partial charge in [0.15, 0.2) is 0 Å². The Morgan fingerprint density at radius 2 is 2.31 bits per heavy atom. The second kappa shape index (κ2) is 3.12. The summed E-state index contributed by atoms with van der Waals surface area (Å²) < 4.78 is 2.78. The predicted molar refractivity (Wildman–Crippen MR) is 53.5 cm³/mol. The maximum atomic E-state index is 9.43. The van der Waals surface area contributed by atoms with Crippen LogP contribution < -0.4 is 0 Å². The van der Waals surface area contributed by atoms with E-state index in [4.69, 9.17) is 0 Å². The fourth-order valence-electron chi connectivity index (χ4n) is 1.33. The summed E-state index contributed by atoms with van der Waals surface area (Å²) in [7, 11) is 0. The van der Waals surface area contributed by atoms with Gasteiger partial charge in [-0.15, -0.1) is 0 Å². The van der Waals surface area contributed by atoms with E-state index in [0.717, 1.165) is 10.1 Å². The van der Waals surface area contributed by atoms with Gasteiger partial charge < -0.3 is 5.11 Å². The smallest absolute Gasteiger partial charge is 0.142 e. The van der Waals surface area contributed by atoms with Gasteiger partial charge in [-0.05, 0) is 35.0 Å². The number of aliphatic hydroxyl groups excluding tert-OH is 1. The van der Waals surface area contributed by atoms with E-state index in [1.54, 1.807) is 13.1 Å². The highest BCUT2D eigenvalue weighted by atomic mass is 79.9. The molecule has 0 spiro atoms. The zero-order chi connectivity index (χ0) is 9.42. The quantitative estimate of drug-likeness (QED) is 0.776. The summed E-state index contributed by atoms with van der Waals surface area (Å²) in [5.74, 6) is 0.655. The Bertz CT molecular complexity index is 436. The van der Waals surface area contributed by atoms with E-state index in [1.165, 1.54) is 0 Å². The number of fused-ring (bicyclic) bond motifs is 1. The lowest BCUT2D eigenvalue weighted by Gasteiger charge is -2.05. The molecule has 0 aromatic carbocycles. The highest BCUT2D eigenvalue weighted by Gasteiger charge is 2.09. The van der Waals surface area contributed by atoms with E-state index < -0.39 is 6.10 Å². The highest BCUT2D eigenvalue weighted by Crippen LogP contribution is 2.19. The normalized spacial score (nSPS) is 13.5. The standard InChI is InChI=1S/C9H9BrN2O/c1-6(13)9-11-5-7-3-2-4-8(10)12(7)9/h2-6,13H,1H3. The van der Waals surface area contributed by atoms with Crippen molar-refractivity contribution in [2.75, 3.05) is 0 Å². The van der Waals surface area contributed by atoms with Gasteiger partial charge in [-0.1, -0.05) is 6.07 Å². The first-order chi connectivity index (χ1) is 6.20. The predicted octanol–water partition coefficient (Wildman–Crippen LogP) is 2.15. The summed E-state index contributed by atoms with van der Waals surface area (Å²) >= 11 is 3.41. The first-order valence-corrected chi connectivity index (χ1v) is 4.79. The van der Waals surface area contributed by atoms with Crippen molar-refractivity contribution in [1.29, 1.82) is 0 Å². The Balaban J connectivity index is 2.79. The average Bonchev–Trinajstić information content (AvgIpc) is 2.49. The molecule has 3 nitrogen and oxygen atoms in total. The third kappa shape index (κ3) is 1.36. The Morgan fingerprint density at radius 1 is 1.54 bits per heavy atom. The van der Waals surface area contributed by atoms with Gasteiger partial charge in [-0.25, -0.2) is 4.98 Å². The largest absolute Gasteiger partial charge is 0.385 e. The van der Waals surface area contributed by atoms with Crippen LogP contribution in [-0.2, 0) is 0 Å². The molecule has 0 bridgehead atoms. The third-order valence-electron chi connectivity index (χ3n) is 1.90. The minimum Gasteiger partial charge on any atom is -0.385 e. The van der Waals surface area contributed by atoms with E-state index >= 15 is 0 Å². The fraction of sp³-hybridized carbons (Fsp3) is 0.222. The minimum absolute atomic E-state index is 0.554. The lowest BCUT2D eigenvalue weighted by molar-refractivity contribution is 0.188. The van der Waals surface area contributed by atoms with Crippen LogP contribution in [0, 0.1) is 0 Å². The molecular formula is C9H9BrN2O. The maximum absolute atomic E-state index is 9.43. The molecule has 13 heavy (non-hydrogen) atoms. The van der Waals surface area contributed by atoms with E-state index in [9.17, 15) is 5.11 Å². The SMILES string of the molecule is CC(O)c1ncc2cccc(Br)n12. The van der Waals surface area contributed by atoms with Crippen molar-refractivity contribution in [1.82, 2.24) is 9.38 Å². The lowest BCUT2D eigenvalue weighted by atomic mass is 10.4. The number of imidazole rings is 1. The van der Waals surface area contributed by atoms with Crippen LogP contribution in [0.1, 0.15) is 18.9 Å². The van der Waals surface area contributed by atoms with E-state index in [1.807, 2.05) is 22.6 Å².